The summed E-state index contributed by atoms with van der Waals surface area (Å²) >= 11 is 0. The van der Waals surface area contributed by atoms with E-state index in [-0.39, 0.29) is 16.8 Å². The Labute approximate surface area is 176 Å². The van der Waals surface area contributed by atoms with Crippen LogP contribution < -0.4 is 16.4 Å². The molecule has 9 heteroatoms. The van der Waals surface area contributed by atoms with Crippen molar-refractivity contribution in [3.8, 4) is 11.8 Å². The van der Waals surface area contributed by atoms with Gasteiger partial charge in [0.05, 0.1) is 4.90 Å². The van der Waals surface area contributed by atoms with Crippen LogP contribution in [0.5, 0.6) is 0 Å². The number of guanidine groups is 1. The van der Waals surface area contributed by atoms with Crippen LogP contribution in [0.3, 0.4) is 0 Å². The summed E-state index contributed by atoms with van der Waals surface area (Å²) in [6, 6.07) is 11.9. The third kappa shape index (κ3) is 4.84. The van der Waals surface area contributed by atoms with E-state index in [4.69, 9.17) is 5.73 Å². The Hall–Kier alpha value is -3.22. The van der Waals surface area contributed by atoms with Crippen molar-refractivity contribution in [2.45, 2.75) is 31.5 Å². The monoisotopic (exact) mass is 424 g/mol. The third-order valence-electron chi connectivity index (χ3n) is 4.47. The Kier molecular flexibility index (Phi) is 5.92. The zero-order valence-corrected chi connectivity index (χ0v) is 18.1. The number of hydrogen-bond donors (Lipinski definition) is 3. The van der Waals surface area contributed by atoms with E-state index in [0.717, 1.165) is 6.26 Å². The molecule has 1 unspecified atom stereocenters. The first kappa shape index (κ1) is 21.5. The van der Waals surface area contributed by atoms with Crippen LogP contribution in [-0.2, 0) is 9.84 Å². The van der Waals surface area contributed by atoms with Crippen LogP contribution in [0.25, 0.3) is 0 Å². The molecule has 1 atom stereocenters. The van der Waals surface area contributed by atoms with E-state index in [1.807, 2.05) is 26.0 Å². The fraction of sp³-hybridized carbons (Fsp3) is 0.286. The first-order valence-corrected chi connectivity index (χ1v) is 11.2. The molecule has 0 bridgehead atoms. The number of rotatable bonds is 4. The average Bonchev–Trinajstić information content (AvgIpc) is 2.67. The van der Waals surface area contributed by atoms with Gasteiger partial charge >= 0.3 is 0 Å². The molecular formula is C21H24N6O2S. The highest BCUT2D eigenvalue weighted by atomic mass is 32.2. The first-order valence-electron chi connectivity index (χ1n) is 9.33. The molecule has 3 rings (SSSR count). The highest BCUT2D eigenvalue weighted by Crippen LogP contribution is 2.20. The van der Waals surface area contributed by atoms with Crippen LogP contribution in [-0.4, -0.2) is 37.2 Å². The number of aromatic nitrogens is 1. The number of aliphatic imine (C=N–C) groups is 2. The molecule has 30 heavy (non-hydrogen) atoms. The van der Waals surface area contributed by atoms with Gasteiger partial charge in [0, 0.05) is 17.9 Å². The van der Waals surface area contributed by atoms with Crippen molar-refractivity contribution < 1.29 is 8.42 Å². The lowest BCUT2D eigenvalue weighted by Crippen LogP contribution is -2.61. The normalized spacial score (nSPS) is 18.6. The Bertz CT molecular complexity index is 1190. The molecule has 0 spiro atoms. The lowest BCUT2D eigenvalue weighted by Gasteiger charge is -2.34. The minimum absolute atomic E-state index is 0.0687. The van der Waals surface area contributed by atoms with Gasteiger partial charge in [-0.05, 0) is 43.2 Å². The van der Waals surface area contributed by atoms with Gasteiger partial charge in [-0.2, -0.15) is 4.99 Å². The lowest BCUT2D eigenvalue weighted by atomic mass is 10.1. The highest BCUT2D eigenvalue weighted by molar-refractivity contribution is 7.90. The SMILES string of the molecule is CC#Cc1cccc(C2=NC(Nc3cccc(S(C)(=O)=O)c3)=NC(N)(C(C)C)N2)n1. The summed E-state index contributed by atoms with van der Waals surface area (Å²) < 4.78 is 23.7. The van der Waals surface area contributed by atoms with E-state index in [1.165, 1.54) is 12.1 Å². The average molecular weight is 425 g/mol. The minimum atomic E-state index is -3.34. The van der Waals surface area contributed by atoms with E-state index in [1.54, 1.807) is 25.1 Å². The Morgan fingerprint density at radius 1 is 1.20 bits per heavy atom. The second-order valence-electron chi connectivity index (χ2n) is 7.21. The molecule has 0 amide bonds. The van der Waals surface area contributed by atoms with E-state index < -0.39 is 15.6 Å². The number of pyridine rings is 1. The maximum atomic E-state index is 11.9. The zero-order chi connectivity index (χ0) is 21.9. The molecule has 4 N–H and O–H groups in total. The lowest BCUT2D eigenvalue weighted by molar-refractivity contribution is 0.294. The van der Waals surface area contributed by atoms with Crippen molar-refractivity contribution in [1.82, 2.24) is 10.3 Å². The molecular weight excluding hydrogens is 400 g/mol. The molecule has 0 saturated carbocycles. The van der Waals surface area contributed by atoms with Gasteiger partial charge < -0.3 is 10.6 Å². The Morgan fingerprint density at radius 3 is 2.60 bits per heavy atom. The van der Waals surface area contributed by atoms with Gasteiger partial charge in [0.1, 0.15) is 11.4 Å². The molecule has 1 aliphatic rings. The van der Waals surface area contributed by atoms with E-state index in [9.17, 15) is 8.42 Å². The van der Waals surface area contributed by atoms with Gasteiger partial charge in [0.25, 0.3) is 0 Å². The predicted molar refractivity (Wildman–Crippen MR) is 119 cm³/mol. The van der Waals surface area contributed by atoms with Gasteiger partial charge in [0.2, 0.25) is 5.96 Å². The topological polar surface area (TPSA) is 122 Å². The maximum absolute atomic E-state index is 11.9. The number of nitrogens with one attached hydrogen (secondary N) is 2. The van der Waals surface area contributed by atoms with Gasteiger partial charge in [0.15, 0.2) is 21.5 Å². The fourth-order valence-corrected chi connectivity index (χ4v) is 3.37. The smallest absolute Gasteiger partial charge is 0.228 e. The van der Waals surface area contributed by atoms with Crippen LogP contribution in [0.1, 0.15) is 32.2 Å². The summed E-state index contributed by atoms with van der Waals surface area (Å²) in [6.07, 6.45) is 1.16. The van der Waals surface area contributed by atoms with E-state index in [2.05, 4.69) is 37.4 Å². The quantitative estimate of drug-likeness (QED) is 0.645. The molecule has 2 heterocycles. The number of benzene rings is 1. The van der Waals surface area contributed by atoms with Crippen molar-refractivity contribution in [3.63, 3.8) is 0 Å². The number of nitrogens with zero attached hydrogens (tertiary/aromatic N) is 3. The molecule has 0 aliphatic carbocycles. The van der Waals surface area contributed by atoms with Crippen LogP contribution >= 0.6 is 0 Å². The van der Waals surface area contributed by atoms with Gasteiger partial charge in [-0.25, -0.2) is 18.4 Å². The molecule has 1 aromatic carbocycles. The van der Waals surface area contributed by atoms with Crippen LogP contribution in [0.4, 0.5) is 5.69 Å². The molecule has 0 saturated heterocycles. The molecule has 1 aromatic heterocycles. The molecule has 8 nitrogen and oxygen atoms in total. The minimum Gasteiger partial charge on any atom is -0.332 e. The van der Waals surface area contributed by atoms with Gasteiger partial charge in [-0.1, -0.05) is 31.9 Å². The summed E-state index contributed by atoms with van der Waals surface area (Å²) in [5.74, 6) is 5.25. The molecule has 0 radical (unpaired) electrons. The molecule has 156 valence electrons. The zero-order valence-electron chi connectivity index (χ0n) is 17.3. The summed E-state index contributed by atoms with van der Waals surface area (Å²) in [6.45, 7) is 5.62. The second-order valence-corrected chi connectivity index (χ2v) is 9.22. The van der Waals surface area contributed by atoms with Crippen LogP contribution in [0, 0.1) is 17.8 Å². The fourth-order valence-electron chi connectivity index (χ4n) is 2.70. The number of sulfone groups is 1. The van der Waals surface area contributed by atoms with Crippen molar-refractivity contribution in [1.29, 1.82) is 0 Å². The second kappa shape index (κ2) is 8.26. The largest absolute Gasteiger partial charge is 0.332 e. The summed E-state index contributed by atoms with van der Waals surface area (Å²) in [5, 5.41) is 6.23. The van der Waals surface area contributed by atoms with E-state index in [0.29, 0.717) is 22.9 Å². The molecule has 0 fully saturated rings. The Morgan fingerprint density at radius 2 is 1.93 bits per heavy atom. The maximum Gasteiger partial charge on any atom is 0.228 e. The number of amidine groups is 1. The standard InChI is InChI=1S/C21H24N6O2S/c1-5-8-15-9-7-12-18(23-15)19-25-20(27-21(22,26-19)14(2)3)24-16-10-6-11-17(13-16)30(4,28)29/h6-7,9-14H,22H2,1-4H3,(H2,24,25,26,27). The third-order valence-corrected chi connectivity index (χ3v) is 5.58. The molecule has 2 aromatic rings. The van der Waals surface area contributed by atoms with Gasteiger partial charge in [-0.15, -0.1) is 0 Å². The van der Waals surface area contributed by atoms with Crippen molar-refractivity contribution >= 4 is 27.3 Å². The first-order chi connectivity index (χ1) is 14.1. The highest BCUT2D eigenvalue weighted by Gasteiger charge is 2.34. The summed E-state index contributed by atoms with van der Waals surface area (Å²) in [7, 11) is -3.34. The van der Waals surface area contributed by atoms with Crippen molar-refractivity contribution in [3.05, 3.63) is 53.9 Å². The van der Waals surface area contributed by atoms with Gasteiger partial charge in [-0.3, -0.25) is 5.73 Å². The predicted octanol–water partition coefficient (Wildman–Crippen LogP) is 1.94. The van der Waals surface area contributed by atoms with Crippen molar-refractivity contribution in [2.24, 2.45) is 21.6 Å². The van der Waals surface area contributed by atoms with Crippen molar-refractivity contribution in [2.75, 3.05) is 11.6 Å². The number of nitrogens with two attached hydrogens (primary N) is 1. The molecule has 1 aliphatic heterocycles. The summed E-state index contributed by atoms with van der Waals surface area (Å²) in [5.41, 5.74) is 8.22. The summed E-state index contributed by atoms with van der Waals surface area (Å²) in [4.78, 5) is 13.7. The van der Waals surface area contributed by atoms with Crippen LogP contribution in [0.15, 0.2) is 57.3 Å². The van der Waals surface area contributed by atoms with Crippen LogP contribution in [0.2, 0.25) is 0 Å². The van der Waals surface area contributed by atoms with E-state index >= 15 is 0 Å². The number of anilines is 1. The Balaban J connectivity index is 2.02. The number of hydrogen-bond acceptors (Lipinski definition) is 8.